The van der Waals surface area contributed by atoms with E-state index in [1.54, 1.807) is 11.3 Å². The van der Waals surface area contributed by atoms with Crippen LogP contribution in [0.3, 0.4) is 0 Å². The Balaban J connectivity index is 1.13. The van der Waals surface area contributed by atoms with E-state index in [2.05, 4.69) is 54.6 Å². The van der Waals surface area contributed by atoms with Crippen LogP contribution >= 0.6 is 11.3 Å². The number of aromatic nitrogens is 3. The van der Waals surface area contributed by atoms with Crippen LogP contribution in [0.25, 0.3) is 110 Å². The van der Waals surface area contributed by atoms with Crippen molar-refractivity contribution in [1.82, 2.24) is 15.0 Å². The van der Waals surface area contributed by atoms with Gasteiger partial charge in [-0.2, -0.15) is 0 Å². The second-order valence-corrected chi connectivity index (χ2v) is 14.6. The molecule has 0 saturated carbocycles. The summed E-state index contributed by atoms with van der Waals surface area (Å²) in [5.41, 5.74) is 8.79. The summed E-state index contributed by atoms with van der Waals surface area (Å²) in [4.78, 5) is 15.3. The molecule has 11 rings (SSSR count). The maximum absolute atomic E-state index is 8.78. The zero-order valence-corrected chi connectivity index (χ0v) is 30.5. The minimum atomic E-state index is -0.410. The van der Waals surface area contributed by atoms with Gasteiger partial charge < -0.3 is 4.42 Å². The molecule has 0 saturated heterocycles. The SMILES string of the molecule is [2H]c1c([2H])c([2H])c(-c2cccc3c2sc2c(-c4cc(-c5ccccc5)cc(-c5nc(-c6ccccc6)nc(-c6ccc7c(c6)oc6ccccc67)n5)c4)cccc23)c([2H])c1[2H]. The Morgan fingerprint density at radius 3 is 1.66 bits per heavy atom. The maximum Gasteiger partial charge on any atom is 0.164 e. The number of fused-ring (bicyclic) bond motifs is 6. The van der Waals surface area contributed by atoms with Crippen molar-refractivity contribution in [1.29, 1.82) is 0 Å². The number of thiophene rings is 1. The molecule has 8 aromatic carbocycles. The first kappa shape index (κ1) is 27.4. The van der Waals surface area contributed by atoms with Crippen molar-refractivity contribution in [3.8, 4) is 67.5 Å². The van der Waals surface area contributed by atoms with Gasteiger partial charge in [0.15, 0.2) is 17.5 Å². The van der Waals surface area contributed by atoms with Crippen molar-refractivity contribution >= 4 is 53.4 Å². The molecular formula is C51H31N3OS. The number of hydrogen-bond donors (Lipinski definition) is 0. The molecule has 0 aliphatic heterocycles. The summed E-state index contributed by atoms with van der Waals surface area (Å²) in [6.45, 7) is 0. The topological polar surface area (TPSA) is 51.8 Å². The molecule has 262 valence electrons. The molecule has 0 unspecified atom stereocenters. The van der Waals surface area contributed by atoms with E-state index in [9.17, 15) is 0 Å². The highest BCUT2D eigenvalue weighted by Crippen LogP contribution is 2.45. The smallest absolute Gasteiger partial charge is 0.164 e. The van der Waals surface area contributed by atoms with E-state index >= 15 is 0 Å². The zero-order valence-electron chi connectivity index (χ0n) is 34.7. The quantitative estimate of drug-likeness (QED) is 0.170. The Morgan fingerprint density at radius 1 is 0.375 bits per heavy atom. The molecule has 0 atom stereocenters. The lowest BCUT2D eigenvalue weighted by atomic mass is 9.94. The van der Waals surface area contributed by atoms with Gasteiger partial charge in [-0.3, -0.25) is 0 Å². The van der Waals surface area contributed by atoms with Crippen molar-refractivity contribution in [2.45, 2.75) is 0 Å². The van der Waals surface area contributed by atoms with Crippen molar-refractivity contribution < 1.29 is 11.3 Å². The molecule has 0 radical (unpaired) electrons. The molecule has 56 heavy (non-hydrogen) atoms. The summed E-state index contributed by atoms with van der Waals surface area (Å²) in [5, 5.41) is 4.03. The summed E-state index contributed by atoms with van der Waals surface area (Å²) >= 11 is 1.56. The molecule has 3 aromatic heterocycles. The van der Waals surface area contributed by atoms with Crippen molar-refractivity contribution in [3.63, 3.8) is 0 Å². The fourth-order valence-electron chi connectivity index (χ4n) is 7.55. The molecule has 0 aliphatic carbocycles. The number of furan rings is 1. The van der Waals surface area contributed by atoms with Crippen LogP contribution in [0.1, 0.15) is 6.85 Å². The van der Waals surface area contributed by atoms with Crippen molar-refractivity contribution in [2.75, 3.05) is 0 Å². The van der Waals surface area contributed by atoms with E-state index in [-0.39, 0.29) is 29.7 Å². The first-order valence-electron chi connectivity index (χ1n) is 20.8. The molecule has 3 heterocycles. The van der Waals surface area contributed by atoms with Gasteiger partial charge in [-0.1, -0.05) is 152 Å². The molecule has 0 bridgehead atoms. The van der Waals surface area contributed by atoms with Crippen LogP contribution in [0.4, 0.5) is 0 Å². The first-order chi connectivity index (χ1) is 29.8. The maximum atomic E-state index is 8.78. The fraction of sp³-hybridized carbons (Fsp3) is 0. The highest BCUT2D eigenvalue weighted by Gasteiger charge is 2.19. The Hall–Kier alpha value is -7.21. The molecule has 0 aliphatic rings. The summed E-state index contributed by atoms with van der Waals surface area (Å²) in [7, 11) is 0. The van der Waals surface area contributed by atoms with Gasteiger partial charge in [0.05, 0.1) is 6.85 Å². The van der Waals surface area contributed by atoms with Crippen LogP contribution in [-0.4, -0.2) is 15.0 Å². The molecule has 5 heteroatoms. The van der Waals surface area contributed by atoms with Gasteiger partial charge in [-0.25, -0.2) is 15.0 Å². The van der Waals surface area contributed by atoms with Gasteiger partial charge in [-0.05, 0) is 69.8 Å². The summed E-state index contributed by atoms with van der Waals surface area (Å²) in [5.74, 6) is 1.58. The fourth-order valence-corrected chi connectivity index (χ4v) is 8.91. The minimum absolute atomic E-state index is 0.192. The Bertz CT molecular complexity index is 3520. The Morgan fingerprint density at radius 2 is 0.929 bits per heavy atom. The second-order valence-electron chi connectivity index (χ2n) is 13.6. The number of hydrogen-bond acceptors (Lipinski definition) is 5. The summed E-state index contributed by atoms with van der Waals surface area (Å²) in [6, 6.07) is 51.1. The average Bonchev–Trinajstić information content (AvgIpc) is 3.89. The van der Waals surface area contributed by atoms with Gasteiger partial charge in [-0.15, -0.1) is 11.3 Å². The van der Waals surface area contributed by atoms with E-state index in [1.807, 2.05) is 103 Å². The van der Waals surface area contributed by atoms with Gasteiger partial charge in [0, 0.05) is 47.6 Å². The molecular weight excluding hydrogens is 703 g/mol. The van der Waals surface area contributed by atoms with Gasteiger partial charge in [0.2, 0.25) is 0 Å². The number of nitrogens with zero attached hydrogens (tertiary/aromatic N) is 3. The van der Waals surface area contributed by atoms with Gasteiger partial charge in [0.1, 0.15) is 11.2 Å². The third-order valence-electron chi connectivity index (χ3n) is 10.2. The number of rotatable bonds is 6. The van der Waals surface area contributed by atoms with Crippen molar-refractivity contribution in [2.24, 2.45) is 0 Å². The second kappa shape index (κ2) is 13.3. The van der Waals surface area contributed by atoms with Crippen LogP contribution in [0.2, 0.25) is 0 Å². The minimum Gasteiger partial charge on any atom is -0.456 e. The van der Waals surface area contributed by atoms with E-state index in [0.717, 1.165) is 81.1 Å². The van der Waals surface area contributed by atoms with Crippen LogP contribution in [0.5, 0.6) is 0 Å². The van der Waals surface area contributed by atoms with Crippen LogP contribution in [0.15, 0.2) is 192 Å². The van der Waals surface area contributed by atoms with Crippen molar-refractivity contribution in [3.05, 3.63) is 188 Å². The van der Waals surface area contributed by atoms with E-state index in [4.69, 9.17) is 26.2 Å². The summed E-state index contributed by atoms with van der Waals surface area (Å²) < 4.78 is 50.6. The Kier molecular flexibility index (Phi) is 6.49. The molecule has 4 nitrogen and oxygen atoms in total. The monoisotopic (exact) mass is 738 g/mol. The predicted octanol–water partition coefficient (Wildman–Crippen LogP) is 14.1. The highest BCUT2D eigenvalue weighted by molar-refractivity contribution is 7.26. The van der Waals surface area contributed by atoms with Crippen LogP contribution < -0.4 is 0 Å². The van der Waals surface area contributed by atoms with Crippen LogP contribution in [-0.2, 0) is 0 Å². The number of para-hydroxylation sites is 1. The van der Waals surface area contributed by atoms with Gasteiger partial charge >= 0.3 is 0 Å². The molecule has 0 N–H and O–H groups in total. The largest absolute Gasteiger partial charge is 0.456 e. The third-order valence-corrected chi connectivity index (χ3v) is 11.5. The summed E-state index contributed by atoms with van der Waals surface area (Å²) in [6.07, 6.45) is 0. The molecule has 0 spiro atoms. The average molecular weight is 739 g/mol. The van der Waals surface area contributed by atoms with Crippen LogP contribution in [0, 0.1) is 0 Å². The van der Waals surface area contributed by atoms with Gasteiger partial charge in [0.25, 0.3) is 0 Å². The van der Waals surface area contributed by atoms with E-state index in [0.29, 0.717) is 23.0 Å². The molecule has 0 amide bonds. The third kappa shape index (κ3) is 5.56. The Labute approximate surface area is 334 Å². The molecule has 0 fully saturated rings. The first-order valence-corrected chi connectivity index (χ1v) is 19.1. The predicted molar refractivity (Wildman–Crippen MR) is 233 cm³/mol. The normalized spacial score (nSPS) is 12.8. The lowest BCUT2D eigenvalue weighted by Gasteiger charge is -2.13. The molecule has 11 aromatic rings. The van der Waals surface area contributed by atoms with E-state index < -0.39 is 6.04 Å². The number of benzene rings is 8. The zero-order chi connectivity index (χ0) is 41.4. The lowest BCUT2D eigenvalue weighted by molar-refractivity contribution is 0.669. The highest BCUT2D eigenvalue weighted by atomic mass is 32.1. The lowest BCUT2D eigenvalue weighted by Crippen LogP contribution is -2.00. The van der Waals surface area contributed by atoms with E-state index in [1.165, 1.54) is 0 Å². The standard InChI is InChI=1S/C51H31N3OS/c1-4-14-32(15-5-1)36-28-37(40-22-13-24-44-43-23-12-21-39(47(43)56-48(40)44)33-16-6-2-7-17-33)30-38(29-36)51-53-49(34-18-8-3-9-19-34)52-50(54-51)35-26-27-42-41-20-10-11-25-45(41)55-46(42)31-35/h1-31H/i2D,6D,7D,16D,17D.